The number of aromatic hydroxyl groups is 1. The number of hydrogen-bond donors (Lipinski definition) is 2. The van der Waals surface area contributed by atoms with Crippen LogP contribution in [0.2, 0.25) is 0 Å². The summed E-state index contributed by atoms with van der Waals surface area (Å²) in [6.07, 6.45) is 0. The first-order chi connectivity index (χ1) is 7.02. The van der Waals surface area contributed by atoms with Crippen molar-refractivity contribution in [3.8, 4) is 17.2 Å². The Labute approximate surface area is 86.9 Å². The van der Waals surface area contributed by atoms with Gasteiger partial charge in [0.1, 0.15) is 11.3 Å². The molecule has 82 valence electrons. The van der Waals surface area contributed by atoms with E-state index in [-0.39, 0.29) is 11.3 Å². The first kappa shape index (κ1) is 11.2. The second-order valence-corrected chi connectivity index (χ2v) is 2.94. The summed E-state index contributed by atoms with van der Waals surface area (Å²) >= 11 is 0. The molecule has 2 N–H and O–H groups in total. The van der Waals surface area contributed by atoms with Gasteiger partial charge in [0.2, 0.25) is 0 Å². The molecule has 0 saturated heterocycles. The van der Waals surface area contributed by atoms with Gasteiger partial charge >= 0.3 is 5.97 Å². The molecule has 0 aromatic heterocycles. The zero-order valence-corrected chi connectivity index (χ0v) is 8.70. The third-order valence-corrected chi connectivity index (χ3v) is 2.10. The molecule has 0 aliphatic rings. The van der Waals surface area contributed by atoms with E-state index in [9.17, 15) is 9.90 Å². The van der Waals surface area contributed by atoms with Crippen LogP contribution in [0.15, 0.2) is 6.07 Å². The lowest BCUT2D eigenvalue weighted by Crippen LogP contribution is -2.03. The third kappa shape index (κ3) is 1.81. The van der Waals surface area contributed by atoms with Gasteiger partial charge in [0.05, 0.1) is 14.2 Å². The number of carboxylic acids is 1. The lowest BCUT2D eigenvalue weighted by Gasteiger charge is -2.13. The van der Waals surface area contributed by atoms with Crippen molar-refractivity contribution in [3.63, 3.8) is 0 Å². The molecule has 15 heavy (non-hydrogen) atoms. The van der Waals surface area contributed by atoms with Crippen molar-refractivity contribution in [1.82, 2.24) is 0 Å². The van der Waals surface area contributed by atoms with Crippen LogP contribution in [0.3, 0.4) is 0 Å². The minimum absolute atomic E-state index is 0.173. The molecule has 0 aliphatic heterocycles. The molecular weight excluding hydrogens is 200 g/mol. The maximum atomic E-state index is 10.9. The van der Waals surface area contributed by atoms with Gasteiger partial charge in [-0.3, -0.25) is 0 Å². The minimum atomic E-state index is -1.20. The summed E-state index contributed by atoms with van der Waals surface area (Å²) in [6.45, 7) is 1.55. The Bertz CT molecular complexity index is 397. The van der Waals surface area contributed by atoms with E-state index in [0.29, 0.717) is 17.1 Å². The number of hydrogen-bond acceptors (Lipinski definition) is 4. The Balaban J connectivity index is 3.51. The van der Waals surface area contributed by atoms with Gasteiger partial charge in [-0.15, -0.1) is 0 Å². The number of phenols is 1. The fourth-order valence-electron chi connectivity index (χ4n) is 1.43. The Morgan fingerprint density at radius 2 is 1.93 bits per heavy atom. The molecular formula is C10H12O5. The topological polar surface area (TPSA) is 76.0 Å². The summed E-state index contributed by atoms with van der Waals surface area (Å²) < 4.78 is 9.97. The van der Waals surface area contributed by atoms with Crippen LogP contribution in [-0.2, 0) is 0 Å². The third-order valence-electron chi connectivity index (χ3n) is 2.10. The summed E-state index contributed by atoms with van der Waals surface area (Å²) in [5.74, 6) is -0.922. The molecule has 0 aliphatic carbocycles. The molecule has 1 rings (SSSR count). The van der Waals surface area contributed by atoms with Crippen molar-refractivity contribution in [2.75, 3.05) is 14.2 Å². The van der Waals surface area contributed by atoms with Crippen molar-refractivity contribution in [3.05, 3.63) is 17.2 Å². The molecule has 0 amide bonds. The van der Waals surface area contributed by atoms with Crippen LogP contribution in [0.1, 0.15) is 15.9 Å². The van der Waals surface area contributed by atoms with Gasteiger partial charge in [-0.25, -0.2) is 4.79 Å². The van der Waals surface area contributed by atoms with E-state index < -0.39 is 5.97 Å². The molecule has 5 nitrogen and oxygen atoms in total. The van der Waals surface area contributed by atoms with E-state index in [1.54, 1.807) is 6.92 Å². The first-order valence-corrected chi connectivity index (χ1v) is 4.20. The zero-order valence-electron chi connectivity index (χ0n) is 8.70. The number of ether oxygens (including phenoxy) is 2. The maximum Gasteiger partial charge on any atom is 0.339 e. The van der Waals surface area contributed by atoms with E-state index in [1.807, 2.05) is 0 Å². The van der Waals surface area contributed by atoms with Gasteiger partial charge in [0.25, 0.3) is 0 Å². The highest BCUT2D eigenvalue weighted by Crippen LogP contribution is 2.38. The highest BCUT2D eigenvalue weighted by Gasteiger charge is 2.20. The fraction of sp³-hybridized carbons (Fsp3) is 0.300. The quantitative estimate of drug-likeness (QED) is 0.792. The van der Waals surface area contributed by atoms with Gasteiger partial charge in [-0.05, 0) is 6.92 Å². The van der Waals surface area contributed by atoms with Gasteiger partial charge in [0, 0.05) is 11.6 Å². The largest absolute Gasteiger partial charge is 0.507 e. The monoisotopic (exact) mass is 212 g/mol. The number of methoxy groups -OCH3 is 2. The average molecular weight is 212 g/mol. The summed E-state index contributed by atoms with van der Waals surface area (Å²) in [4.78, 5) is 10.9. The van der Waals surface area contributed by atoms with Crippen LogP contribution in [0.25, 0.3) is 0 Å². The highest BCUT2D eigenvalue weighted by atomic mass is 16.5. The SMILES string of the molecule is COc1cc(O)c(C(=O)O)c(C)c1OC. The fourth-order valence-corrected chi connectivity index (χ4v) is 1.43. The lowest BCUT2D eigenvalue weighted by molar-refractivity contribution is 0.0692. The number of carbonyl (C=O) groups is 1. The standard InChI is InChI=1S/C10H12O5/c1-5-8(10(12)13)6(11)4-7(14-2)9(5)15-3/h4,11H,1-3H3,(H,12,13). The molecule has 0 heterocycles. The second kappa shape index (κ2) is 4.08. The lowest BCUT2D eigenvalue weighted by atomic mass is 10.1. The van der Waals surface area contributed by atoms with Crippen molar-refractivity contribution in [2.45, 2.75) is 6.92 Å². The Hall–Kier alpha value is -1.91. The average Bonchev–Trinajstić information content (AvgIpc) is 2.16. The van der Waals surface area contributed by atoms with Crippen LogP contribution in [0, 0.1) is 6.92 Å². The molecule has 1 aromatic carbocycles. The van der Waals surface area contributed by atoms with Crippen molar-refractivity contribution < 1.29 is 24.5 Å². The van der Waals surface area contributed by atoms with Crippen molar-refractivity contribution >= 4 is 5.97 Å². The highest BCUT2D eigenvalue weighted by molar-refractivity contribution is 5.94. The molecule has 0 spiro atoms. The Morgan fingerprint density at radius 1 is 1.33 bits per heavy atom. The number of rotatable bonds is 3. The van der Waals surface area contributed by atoms with Gasteiger partial charge in [-0.1, -0.05) is 0 Å². The molecule has 0 atom stereocenters. The Morgan fingerprint density at radius 3 is 2.33 bits per heavy atom. The van der Waals surface area contributed by atoms with Crippen molar-refractivity contribution in [1.29, 1.82) is 0 Å². The predicted molar refractivity (Wildman–Crippen MR) is 52.9 cm³/mol. The second-order valence-electron chi connectivity index (χ2n) is 2.94. The van der Waals surface area contributed by atoms with E-state index in [4.69, 9.17) is 14.6 Å². The molecule has 0 fully saturated rings. The number of carboxylic acid groups (broad SMARTS) is 1. The van der Waals surface area contributed by atoms with Crippen LogP contribution in [0.4, 0.5) is 0 Å². The summed E-state index contributed by atoms with van der Waals surface area (Å²) in [5.41, 5.74) is 0.162. The number of benzene rings is 1. The maximum absolute atomic E-state index is 10.9. The van der Waals surface area contributed by atoms with Crippen LogP contribution in [0.5, 0.6) is 17.2 Å². The molecule has 0 unspecified atom stereocenters. The van der Waals surface area contributed by atoms with Crippen LogP contribution in [-0.4, -0.2) is 30.4 Å². The van der Waals surface area contributed by atoms with E-state index in [0.717, 1.165) is 0 Å². The molecule has 1 aromatic rings. The summed E-state index contributed by atoms with van der Waals surface area (Å²) in [7, 11) is 2.82. The predicted octanol–water partition coefficient (Wildman–Crippen LogP) is 1.42. The van der Waals surface area contributed by atoms with Gasteiger partial charge in [0.15, 0.2) is 11.5 Å². The van der Waals surface area contributed by atoms with Crippen LogP contribution >= 0.6 is 0 Å². The smallest absolute Gasteiger partial charge is 0.339 e. The first-order valence-electron chi connectivity index (χ1n) is 4.20. The normalized spacial score (nSPS) is 9.80. The van der Waals surface area contributed by atoms with E-state index in [1.165, 1.54) is 20.3 Å². The summed E-state index contributed by atoms with van der Waals surface area (Å²) in [5, 5.41) is 18.4. The molecule has 0 bridgehead atoms. The van der Waals surface area contributed by atoms with E-state index in [2.05, 4.69) is 0 Å². The Kier molecular flexibility index (Phi) is 3.04. The number of aromatic carboxylic acids is 1. The minimum Gasteiger partial charge on any atom is -0.507 e. The molecule has 0 radical (unpaired) electrons. The van der Waals surface area contributed by atoms with Gasteiger partial charge in [-0.2, -0.15) is 0 Å². The van der Waals surface area contributed by atoms with Crippen LogP contribution < -0.4 is 9.47 Å². The van der Waals surface area contributed by atoms with E-state index >= 15 is 0 Å². The zero-order chi connectivity index (χ0) is 11.6. The molecule has 0 saturated carbocycles. The van der Waals surface area contributed by atoms with Crippen molar-refractivity contribution in [2.24, 2.45) is 0 Å². The molecule has 5 heteroatoms. The van der Waals surface area contributed by atoms with Gasteiger partial charge < -0.3 is 19.7 Å². The summed E-state index contributed by atoms with van der Waals surface area (Å²) in [6, 6.07) is 1.22.